The lowest BCUT2D eigenvalue weighted by Gasteiger charge is -2.40. The van der Waals surface area contributed by atoms with Gasteiger partial charge in [0.25, 0.3) is 5.91 Å². The Morgan fingerprint density at radius 1 is 0.976 bits per heavy atom. The summed E-state index contributed by atoms with van der Waals surface area (Å²) in [7, 11) is 8.92. The number of hydrogen-bond acceptors (Lipinski definition) is 8. The Bertz CT molecular complexity index is 1350. The molecule has 0 N–H and O–H groups in total. The van der Waals surface area contributed by atoms with Crippen molar-refractivity contribution in [3.05, 3.63) is 71.8 Å². The molecular formula is C32H40N2O5S2. The molecule has 0 spiro atoms. The molecule has 41 heavy (non-hydrogen) atoms. The molecule has 0 aliphatic carbocycles. The van der Waals surface area contributed by atoms with Crippen LogP contribution in [0.3, 0.4) is 0 Å². The number of likely N-dealkylation sites (N-methyl/N-ethyl adjacent to an activating group) is 2. The molecule has 220 valence electrons. The third-order valence-electron chi connectivity index (χ3n) is 7.40. The third-order valence-corrected chi connectivity index (χ3v) is 10.4. The fraction of sp³-hybridized carbons (Fsp3) is 0.406. The Balaban J connectivity index is 1.44. The van der Waals surface area contributed by atoms with Gasteiger partial charge in [-0.15, -0.1) is 11.8 Å². The van der Waals surface area contributed by atoms with Crippen molar-refractivity contribution in [1.29, 1.82) is 0 Å². The van der Waals surface area contributed by atoms with E-state index in [1.165, 1.54) is 17.3 Å². The maximum Gasteiger partial charge on any atom is 0.258 e. The Morgan fingerprint density at radius 3 is 2.41 bits per heavy atom. The van der Waals surface area contributed by atoms with Crippen LogP contribution in [0.1, 0.15) is 30.4 Å². The van der Waals surface area contributed by atoms with Crippen molar-refractivity contribution in [2.45, 2.75) is 28.2 Å². The summed E-state index contributed by atoms with van der Waals surface area (Å²) in [6.07, 6.45) is 2.82. The zero-order valence-electron chi connectivity index (χ0n) is 24.9. The number of rotatable bonds is 13. The smallest absolute Gasteiger partial charge is 0.258 e. The fourth-order valence-corrected chi connectivity index (χ4v) is 7.67. The van der Waals surface area contributed by atoms with E-state index in [2.05, 4.69) is 31.0 Å². The second-order valence-corrected chi connectivity index (χ2v) is 12.6. The number of amides is 1. The number of anilines is 1. The van der Waals surface area contributed by atoms with Gasteiger partial charge in [0, 0.05) is 30.6 Å². The molecular weight excluding hydrogens is 556 g/mol. The predicted molar refractivity (Wildman–Crippen MR) is 169 cm³/mol. The highest BCUT2D eigenvalue weighted by atomic mass is 32.2. The highest BCUT2D eigenvalue weighted by Crippen LogP contribution is 2.58. The minimum atomic E-state index is -0.890. The molecule has 1 heterocycles. The number of carbonyl (C=O) groups is 1. The van der Waals surface area contributed by atoms with E-state index >= 15 is 0 Å². The summed E-state index contributed by atoms with van der Waals surface area (Å²) in [5.74, 6) is 3.21. The van der Waals surface area contributed by atoms with E-state index in [0.29, 0.717) is 24.0 Å². The van der Waals surface area contributed by atoms with Crippen molar-refractivity contribution in [2.75, 3.05) is 66.3 Å². The largest absolute Gasteiger partial charge is 0.497 e. The van der Waals surface area contributed by atoms with E-state index in [9.17, 15) is 4.79 Å². The minimum Gasteiger partial charge on any atom is -0.497 e. The van der Waals surface area contributed by atoms with Crippen molar-refractivity contribution in [2.24, 2.45) is 0 Å². The van der Waals surface area contributed by atoms with E-state index in [1.54, 1.807) is 38.0 Å². The number of benzene rings is 3. The zero-order chi connectivity index (χ0) is 29.6. The minimum absolute atomic E-state index is 0.00989. The Labute approximate surface area is 252 Å². The fourth-order valence-electron chi connectivity index (χ4n) is 5.12. The van der Waals surface area contributed by atoms with Crippen LogP contribution in [0, 0.1) is 0 Å². The summed E-state index contributed by atoms with van der Waals surface area (Å²) in [5.41, 5.74) is 2.94. The van der Waals surface area contributed by atoms with Crippen LogP contribution in [0.2, 0.25) is 0 Å². The van der Waals surface area contributed by atoms with Gasteiger partial charge in [0.1, 0.15) is 11.5 Å². The van der Waals surface area contributed by atoms with Gasteiger partial charge in [-0.25, -0.2) is 0 Å². The van der Waals surface area contributed by atoms with Gasteiger partial charge in [0.05, 0.1) is 33.6 Å². The summed E-state index contributed by atoms with van der Waals surface area (Å²) in [4.78, 5) is 19.0. The molecule has 7 nitrogen and oxygen atoms in total. The molecule has 3 aromatic carbocycles. The average Bonchev–Trinajstić information content (AvgIpc) is 3.00. The Morgan fingerprint density at radius 2 is 1.71 bits per heavy atom. The lowest BCUT2D eigenvalue weighted by molar-refractivity contribution is -0.118. The van der Waals surface area contributed by atoms with Gasteiger partial charge in [-0.2, -0.15) is 0 Å². The van der Waals surface area contributed by atoms with Gasteiger partial charge in [-0.3, -0.25) is 4.79 Å². The number of methoxy groups -OCH3 is 3. The van der Waals surface area contributed by atoms with Gasteiger partial charge in [-0.1, -0.05) is 36.9 Å². The molecule has 0 aromatic heterocycles. The maximum absolute atomic E-state index is 13.9. The first-order chi connectivity index (χ1) is 19.8. The lowest BCUT2D eigenvalue weighted by atomic mass is 10.00. The first kappa shape index (κ1) is 30.9. The molecule has 0 bridgehead atoms. The maximum atomic E-state index is 13.9. The van der Waals surface area contributed by atoms with Crippen molar-refractivity contribution >= 4 is 35.1 Å². The number of nitrogens with zero attached hydrogens (tertiary/aromatic N) is 2. The van der Waals surface area contributed by atoms with Crippen molar-refractivity contribution < 1.29 is 23.7 Å². The Kier molecular flexibility index (Phi) is 10.4. The van der Waals surface area contributed by atoms with Gasteiger partial charge in [0.2, 0.25) is 0 Å². The molecule has 0 saturated carbocycles. The van der Waals surface area contributed by atoms with Crippen molar-refractivity contribution in [3.63, 3.8) is 0 Å². The molecule has 0 fully saturated rings. The van der Waals surface area contributed by atoms with Crippen LogP contribution in [0.15, 0.2) is 65.6 Å². The van der Waals surface area contributed by atoms with Crippen LogP contribution in [0.5, 0.6) is 23.0 Å². The lowest BCUT2D eigenvalue weighted by Crippen LogP contribution is -2.44. The summed E-state index contributed by atoms with van der Waals surface area (Å²) in [6.45, 7) is 4.52. The van der Waals surface area contributed by atoms with Crippen LogP contribution in [-0.2, 0) is 8.87 Å². The second kappa shape index (κ2) is 13.8. The average molecular weight is 597 g/mol. The molecule has 0 saturated heterocycles. The number of fused-ring (bicyclic) bond motifs is 1. The quantitative estimate of drug-likeness (QED) is 0.207. The Hall–Kier alpha value is -3.01. The van der Waals surface area contributed by atoms with Crippen molar-refractivity contribution in [1.82, 2.24) is 4.90 Å². The summed E-state index contributed by atoms with van der Waals surface area (Å²) in [5, 5.41) is 0. The van der Waals surface area contributed by atoms with Crippen LogP contribution in [-0.4, -0.2) is 72.2 Å². The third kappa shape index (κ3) is 6.58. The van der Waals surface area contributed by atoms with Gasteiger partial charge in [-0.05, 0) is 73.7 Å². The predicted octanol–water partition coefficient (Wildman–Crippen LogP) is 6.50. The SMILES string of the molecule is COc1ccc(OCCCN(C)CC(C)c2ccc(OC)c(OC)c2)c(C2(SC)Sc3ccccc3N(C)C2=O)c1. The number of carbonyl (C=O) groups excluding carboxylic acids is 1. The first-order valence-electron chi connectivity index (χ1n) is 13.6. The summed E-state index contributed by atoms with van der Waals surface area (Å²) < 4.78 is 21.9. The van der Waals surface area contributed by atoms with E-state index in [1.807, 2.05) is 61.8 Å². The van der Waals surface area contributed by atoms with Gasteiger partial charge >= 0.3 is 0 Å². The topological polar surface area (TPSA) is 60.5 Å². The summed E-state index contributed by atoms with van der Waals surface area (Å²) >= 11 is 3.09. The van der Waals surface area contributed by atoms with E-state index in [-0.39, 0.29) is 5.91 Å². The highest BCUT2D eigenvalue weighted by molar-refractivity contribution is 8.18. The van der Waals surface area contributed by atoms with E-state index < -0.39 is 4.08 Å². The standard InChI is InChI=1S/C32H40N2O5S2/c1-22(23-13-15-28(37-5)29(19-23)38-6)21-33(2)17-10-18-39-27-16-14-24(36-4)20-25(27)32(40-7)31(35)34(3)26-11-8-9-12-30(26)41-32/h8-9,11-16,19-20,22H,10,17-18,21H2,1-7H3. The van der Waals surface area contributed by atoms with E-state index in [0.717, 1.165) is 47.2 Å². The molecule has 1 amide bonds. The number of thioether (sulfide) groups is 2. The monoisotopic (exact) mass is 596 g/mol. The number of hydrogen-bond donors (Lipinski definition) is 0. The molecule has 2 atom stereocenters. The van der Waals surface area contributed by atoms with Crippen LogP contribution >= 0.6 is 23.5 Å². The van der Waals surface area contributed by atoms with Gasteiger partial charge < -0.3 is 28.7 Å². The van der Waals surface area contributed by atoms with Gasteiger partial charge in [0.15, 0.2) is 15.6 Å². The molecule has 0 radical (unpaired) electrons. The van der Waals surface area contributed by atoms with E-state index in [4.69, 9.17) is 18.9 Å². The summed E-state index contributed by atoms with van der Waals surface area (Å²) in [6, 6.07) is 19.9. The molecule has 9 heteroatoms. The van der Waals surface area contributed by atoms with Crippen LogP contribution in [0.25, 0.3) is 0 Å². The molecule has 1 aliphatic rings. The van der Waals surface area contributed by atoms with Crippen molar-refractivity contribution in [3.8, 4) is 23.0 Å². The highest BCUT2D eigenvalue weighted by Gasteiger charge is 2.49. The molecule has 2 unspecified atom stereocenters. The zero-order valence-corrected chi connectivity index (χ0v) is 26.6. The molecule has 1 aliphatic heterocycles. The number of ether oxygens (including phenoxy) is 4. The van der Waals surface area contributed by atoms with Crippen LogP contribution < -0.4 is 23.8 Å². The first-order valence-corrected chi connectivity index (χ1v) is 15.6. The van der Waals surface area contributed by atoms with Crippen LogP contribution in [0.4, 0.5) is 5.69 Å². The second-order valence-electron chi connectivity index (χ2n) is 10.1. The molecule has 4 rings (SSSR count). The molecule has 3 aromatic rings. The number of para-hydroxylation sites is 1. The normalized spacial score (nSPS) is 17.3.